The van der Waals surface area contributed by atoms with Gasteiger partial charge in [0.2, 0.25) is 0 Å². The van der Waals surface area contributed by atoms with Crippen molar-refractivity contribution in [2.45, 2.75) is 11.3 Å². The van der Waals surface area contributed by atoms with Crippen LogP contribution in [0.25, 0.3) is 0 Å². The molecule has 1 amide bonds. The van der Waals surface area contributed by atoms with Crippen molar-refractivity contribution in [2.75, 3.05) is 16.2 Å². The molecule has 27 heavy (non-hydrogen) atoms. The molecule has 0 radical (unpaired) electrons. The molecular formula is C19H15FN2O4S. The van der Waals surface area contributed by atoms with Crippen LogP contribution in [0.4, 0.5) is 15.8 Å². The Kier molecular flexibility index (Phi) is 4.19. The van der Waals surface area contributed by atoms with E-state index in [4.69, 9.17) is 4.42 Å². The number of nitrogens with one attached hydrogen (secondary N) is 1. The van der Waals surface area contributed by atoms with Gasteiger partial charge in [-0.1, -0.05) is 12.1 Å². The van der Waals surface area contributed by atoms with Crippen LogP contribution in [0.3, 0.4) is 0 Å². The summed E-state index contributed by atoms with van der Waals surface area (Å²) in [4.78, 5) is 14.0. The standard InChI is InChI=1S/C19H15FN2O4S/c20-14-3-1-4-16(11-14)27(24,25)21-15-7-6-13-8-9-22(17(13)12-15)19(23)18-5-2-10-26-18/h1-7,10-12,21H,8-9H2. The third kappa shape index (κ3) is 3.31. The third-order valence-electron chi connectivity index (χ3n) is 4.32. The number of fused-ring (bicyclic) bond motifs is 1. The molecule has 6 nitrogen and oxygen atoms in total. The van der Waals surface area contributed by atoms with Gasteiger partial charge in [0, 0.05) is 12.2 Å². The van der Waals surface area contributed by atoms with Gasteiger partial charge in [-0.15, -0.1) is 0 Å². The monoisotopic (exact) mass is 386 g/mol. The third-order valence-corrected chi connectivity index (χ3v) is 5.70. The van der Waals surface area contributed by atoms with Gasteiger partial charge in [0.15, 0.2) is 5.76 Å². The summed E-state index contributed by atoms with van der Waals surface area (Å²) in [5.74, 6) is -0.709. The summed E-state index contributed by atoms with van der Waals surface area (Å²) in [6.45, 7) is 0.481. The molecule has 138 valence electrons. The molecule has 8 heteroatoms. The van der Waals surface area contributed by atoms with Crippen molar-refractivity contribution in [1.29, 1.82) is 0 Å². The summed E-state index contributed by atoms with van der Waals surface area (Å²) in [6.07, 6.45) is 2.09. The van der Waals surface area contributed by atoms with Crippen LogP contribution in [-0.4, -0.2) is 20.9 Å². The molecule has 1 N–H and O–H groups in total. The first-order chi connectivity index (χ1) is 12.9. The Labute approximate surface area is 155 Å². The number of halogens is 1. The van der Waals surface area contributed by atoms with Crippen LogP contribution >= 0.6 is 0 Å². The van der Waals surface area contributed by atoms with Crippen molar-refractivity contribution < 1.29 is 22.0 Å². The minimum atomic E-state index is -3.95. The van der Waals surface area contributed by atoms with Crippen molar-refractivity contribution in [3.63, 3.8) is 0 Å². The Morgan fingerprint density at radius 3 is 2.70 bits per heavy atom. The van der Waals surface area contributed by atoms with Gasteiger partial charge in [0.25, 0.3) is 15.9 Å². The van der Waals surface area contributed by atoms with Crippen LogP contribution in [0.1, 0.15) is 16.1 Å². The van der Waals surface area contributed by atoms with Crippen molar-refractivity contribution in [2.24, 2.45) is 0 Å². The number of carbonyl (C=O) groups is 1. The molecule has 1 aliphatic heterocycles. The Hall–Kier alpha value is -3.13. The topological polar surface area (TPSA) is 79.6 Å². The molecule has 4 rings (SSSR count). The van der Waals surface area contributed by atoms with Crippen molar-refractivity contribution in [3.8, 4) is 0 Å². The molecule has 2 heterocycles. The second-order valence-corrected chi connectivity index (χ2v) is 7.77. The van der Waals surface area contributed by atoms with Gasteiger partial charge in [-0.05, 0) is 54.4 Å². The molecule has 2 aromatic carbocycles. The van der Waals surface area contributed by atoms with E-state index in [-0.39, 0.29) is 22.3 Å². The van der Waals surface area contributed by atoms with Gasteiger partial charge in [0.1, 0.15) is 5.82 Å². The zero-order chi connectivity index (χ0) is 19.0. The Bertz CT molecular complexity index is 1110. The Morgan fingerprint density at radius 2 is 1.96 bits per heavy atom. The maximum Gasteiger partial charge on any atom is 0.293 e. The minimum Gasteiger partial charge on any atom is -0.459 e. The second-order valence-electron chi connectivity index (χ2n) is 6.09. The number of hydrogen-bond acceptors (Lipinski definition) is 4. The highest BCUT2D eigenvalue weighted by Gasteiger charge is 2.28. The summed E-state index contributed by atoms with van der Waals surface area (Å²) >= 11 is 0. The number of sulfonamides is 1. The number of hydrogen-bond donors (Lipinski definition) is 1. The predicted octanol–water partition coefficient (Wildman–Crippen LogP) is 3.42. The molecular weight excluding hydrogens is 371 g/mol. The second kappa shape index (κ2) is 6.55. The number of carbonyl (C=O) groups excluding carboxylic acids is 1. The lowest BCUT2D eigenvalue weighted by atomic mass is 10.1. The molecule has 1 aromatic heterocycles. The highest BCUT2D eigenvalue weighted by molar-refractivity contribution is 7.92. The largest absolute Gasteiger partial charge is 0.459 e. The van der Waals surface area contributed by atoms with E-state index in [2.05, 4.69) is 4.72 Å². The van der Waals surface area contributed by atoms with E-state index in [1.165, 1.54) is 24.5 Å². The molecule has 0 fully saturated rings. The highest BCUT2D eigenvalue weighted by Crippen LogP contribution is 2.32. The molecule has 0 aliphatic carbocycles. The first-order valence-corrected chi connectivity index (χ1v) is 9.69. The number of amides is 1. The van der Waals surface area contributed by atoms with Gasteiger partial charge in [0.05, 0.1) is 16.8 Å². The molecule has 1 aliphatic rings. The minimum absolute atomic E-state index is 0.175. The zero-order valence-corrected chi connectivity index (χ0v) is 14.9. The first-order valence-electron chi connectivity index (χ1n) is 8.21. The van der Waals surface area contributed by atoms with Gasteiger partial charge in [-0.25, -0.2) is 12.8 Å². The summed E-state index contributed by atoms with van der Waals surface area (Å²) < 4.78 is 45.9. The fourth-order valence-electron chi connectivity index (χ4n) is 3.04. The number of nitrogens with zero attached hydrogens (tertiary/aromatic N) is 1. The molecule has 0 saturated heterocycles. The lowest BCUT2D eigenvalue weighted by Gasteiger charge is -2.17. The summed E-state index contributed by atoms with van der Waals surface area (Å²) in [5, 5.41) is 0. The van der Waals surface area contributed by atoms with E-state index in [0.717, 1.165) is 11.6 Å². The molecule has 0 spiro atoms. The fourth-order valence-corrected chi connectivity index (χ4v) is 4.12. The summed E-state index contributed by atoms with van der Waals surface area (Å²) in [6, 6.07) is 13.0. The quantitative estimate of drug-likeness (QED) is 0.745. The van der Waals surface area contributed by atoms with Gasteiger partial charge < -0.3 is 9.32 Å². The van der Waals surface area contributed by atoms with E-state index in [9.17, 15) is 17.6 Å². The normalized spacial score (nSPS) is 13.4. The van der Waals surface area contributed by atoms with Gasteiger partial charge >= 0.3 is 0 Å². The zero-order valence-electron chi connectivity index (χ0n) is 14.1. The summed E-state index contributed by atoms with van der Waals surface area (Å²) in [7, 11) is -3.95. The lowest BCUT2D eigenvalue weighted by molar-refractivity contribution is 0.0963. The van der Waals surface area contributed by atoms with E-state index in [1.807, 2.05) is 0 Å². The highest BCUT2D eigenvalue weighted by atomic mass is 32.2. The number of furan rings is 1. The fraction of sp³-hybridized carbons (Fsp3) is 0.105. The van der Waals surface area contributed by atoms with E-state index in [0.29, 0.717) is 18.7 Å². The molecule has 0 saturated carbocycles. The van der Waals surface area contributed by atoms with Crippen LogP contribution in [0.15, 0.2) is 70.2 Å². The maximum atomic E-state index is 13.3. The van der Waals surface area contributed by atoms with Crippen molar-refractivity contribution in [1.82, 2.24) is 0 Å². The molecule has 0 atom stereocenters. The average molecular weight is 386 g/mol. The van der Waals surface area contributed by atoms with E-state index >= 15 is 0 Å². The molecule has 0 bridgehead atoms. The lowest BCUT2D eigenvalue weighted by Crippen LogP contribution is -2.28. The smallest absolute Gasteiger partial charge is 0.293 e. The first kappa shape index (κ1) is 17.3. The number of benzene rings is 2. The number of anilines is 2. The Balaban J connectivity index is 1.63. The van der Waals surface area contributed by atoms with Crippen molar-refractivity contribution in [3.05, 3.63) is 78.0 Å². The molecule has 0 unspecified atom stereocenters. The van der Waals surface area contributed by atoms with Crippen LogP contribution in [0, 0.1) is 5.82 Å². The van der Waals surface area contributed by atoms with Crippen LogP contribution in [-0.2, 0) is 16.4 Å². The van der Waals surface area contributed by atoms with Crippen LogP contribution in [0.2, 0.25) is 0 Å². The average Bonchev–Trinajstić information content (AvgIpc) is 3.30. The van der Waals surface area contributed by atoms with E-state index < -0.39 is 15.8 Å². The Morgan fingerprint density at radius 1 is 1.11 bits per heavy atom. The predicted molar refractivity (Wildman–Crippen MR) is 97.7 cm³/mol. The number of rotatable bonds is 4. The van der Waals surface area contributed by atoms with Crippen LogP contribution < -0.4 is 9.62 Å². The maximum absolute atomic E-state index is 13.3. The van der Waals surface area contributed by atoms with E-state index in [1.54, 1.807) is 35.2 Å². The van der Waals surface area contributed by atoms with Gasteiger partial charge in [-0.3, -0.25) is 9.52 Å². The molecule has 3 aromatic rings. The summed E-state index contributed by atoms with van der Waals surface area (Å²) in [5.41, 5.74) is 1.84. The van der Waals surface area contributed by atoms with Gasteiger partial charge in [-0.2, -0.15) is 0 Å². The SMILES string of the molecule is O=C(c1ccco1)N1CCc2ccc(NS(=O)(=O)c3cccc(F)c3)cc21. The van der Waals surface area contributed by atoms with Crippen LogP contribution in [0.5, 0.6) is 0 Å². The van der Waals surface area contributed by atoms with Crippen molar-refractivity contribution >= 4 is 27.3 Å².